The highest BCUT2D eigenvalue weighted by atomic mass is 32.2. The highest BCUT2D eigenvalue weighted by Crippen LogP contribution is 2.29. The van der Waals surface area contributed by atoms with Crippen LogP contribution in [-0.2, 0) is 29.5 Å². The fraction of sp³-hybridized carbons (Fsp3) is 0.333. The lowest BCUT2D eigenvalue weighted by atomic mass is 10.1. The highest BCUT2D eigenvalue weighted by molar-refractivity contribution is 7.87. The molecule has 10 heteroatoms. The van der Waals surface area contributed by atoms with Gasteiger partial charge in [-0.3, -0.25) is 4.98 Å². The van der Waals surface area contributed by atoms with Gasteiger partial charge >= 0.3 is 10.1 Å². The van der Waals surface area contributed by atoms with Crippen molar-refractivity contribution in [3.05, 3.63) is 71.4 Å². The van der Waals surface area contributed by atoms with E-state index in [4.69, 9.17) is 4.18 Å². The topological polar surface area (TPSA) is 94.3 Å². The van der Waals surface area contributed by atoms with Gasteiger partial charge in [0.1, 0.15) is 23.2 Å². The Balaban J connectivity index is 2.06. The Morgan fingerprint density at radius 3 is 2.32 bits per heavy atom. The van der Waals surface area contributed by atoms with E-state index in [-0.39, 0.29) is 36.2 Å². The van der Waals surface area contributed by atoms with E-state index in [0.717, 1.165) is 17.7 Å². The zero-order valence-corrected chi connectivity index (χ0v) is 17.9. The number of aliphatic hydroxyl groups excluding tert-OH is 1. The van der Waals surface area contributed by atoms with Gasteiger partial charge in [0, 0.05) is 43.6 Å². The van der Waals surface area contributed by atoms with Gasteiger partial charge in [0.2, 0.25) is 0 Å². The van der Waals surface area contributed by atoms with E-state index < -0.39 is 27.5 Å². The second kappa shape index (κ2) is 9.52. The largest absolute Gasteiger partial charge is 0.396 e. The van der Waals surface area contributed by atoms with E-state index in [0.29, 0.717) is 18.3 Å². The van der Waals surface area contributed by atoms with Crippen LogP contribution in [0.2, 0.25) is 0 Å². The van der Waals surface area contributed by atoms with E-state index in [9.17, 15) is 22.3 Å². The van der Waals surface area contributed by atoms with Gasteiger partial charge in [-0.25, -0.2) is 13.8 Å². The first kappa shape index (κ1) is 22.8. The van der Waals surface area contributed by atoms with Crippen LogP contribution in [-0.4, -0.2) is 34.7 Å². The molecule has 31 heavy (non-hydrogen) atoms. The number of aliphatic hydroxyl groups is 1. The molecule has 1 N–H and O–H groups in total. The highest BCUT2D eigenvalue weighted by Gasteiger charge is 2.31. The van der Waals surface area contributed by atoms with Crippen molar-refractivity contribution in [3.63, 3.8) is 0 Å². The van der Waals surface area contributed by atoms with Crippen LogP contribution in [0, 0.1) is 11.6 Å². The third-order valence-corrected chi connectivity index (χ3v) is 5.87. The average Bonchev–Trinajstić information content (AvgIpc) is 3.06. The zero-order chi connectivity index (χ0) is 22.6. The van der Waals surface area contributed by atoms with Crippen molar-refractivity contribution < 1.29 is 26.5 Å². The molecular weight excluding hydrogens is 428 g/mol. The number of nitrogens with zero attached hydrogens (tertiary/aromatic N) is 3. The summed E-state index contributed by atoms with van der Waals surface area (Å²) in [6.07, 6.45) is 3.89. The van der Waals surface area contributed by atoms with Crippen LogP contribution >= 0.6 is 0 Å². The van der Waals surface area contributed by atoms with Gasteiger partial charge < -0.3 is 13.9 Å². The van der Waals surface area contributed by atoms with E-state index in [1.807, 2.05) is 12.1 Å². The Kier molecular flexibility index (Phi) is 7.01. The summed E-state index contributed by atoms with van der Waals surface area (Å²) in [5.41, 5.74) is 1.19. The number of hydrogen-bond donors (Lipinski definition) is 1. The molecular formula is C21H23F2N3O4S. The molecule has 3 aromatic rings. The molecule has 0 spiro atoms. The third-order valence-electron chi connectivity index (χ3n) is 4.56. The lowest BCUT2D eigenvalue weighted by Crippen LogP contribution is -2.19. The average molecular weight is 451 g/mol. The van der Waals surface area contributed by atoms with Crippen molar-refractivity contribution in [1.29, 1.82) is 0 Å². The number of halogens is 2. The molecule has 0 aliphatic heterocycles. The zero-order valence-electron chi connectivity index (χ0n) is 17.1. The van der Waals surface area contributed by atoms with Crippen molar-refractivity contribution in [2.24, 2.45) is 0 Å². The summed E-state index contributed by atoms with van der Waals surface area (Å²) in [5.74, 6) is -2.29. The van der Waals surface area contributed by atoms with E-state index in [1.165, 1.54) is 4.57 Å². The maximum atomic E-state index is 13.5. The minimum absolute atomic E-state index is 0.139. The fourth-order valence-electron chi connectivity index (χ4n) is 3.20. The molecule has 2 aromatic heterocycles. The first-order valence-electron chi connectivity index (χ1n) is 9.71. The van der Waals surface area contributed by atoms with Crippen molar-refractivity contribution in [2.75, 3.05) is 6.61 Å². The van der Waals surface area contributed by atoms with Crippen molar-refractivity contribution in [2.45, 2.75) is 44.2 Å². The summed E-state index contributed by atoms with van der Waals surface area (Å²) >= 11 is 0. The molecule has 0 aliphatic carbocycles. The molecule has 0 saturated carbocycles. The van der Waals surface area contributed by atoms with Gasteiger partial charge in [0.25, 0.3) is 0 Å². The molecule has 0 atom stereocenters. The van der Waals surface area contributed by atoms with Crippen LogP contribution in [0.4, 0.5) is 8.78 Å². The summed E-state index contributed by atoms with van der Waals surface area (Å²) in [6.45, 7) is 3.58. The first-order valence-corrected chi connectivity index (χ1v) is 11.1. The normalized spacial score (nSPS) is 11.8. The van der Waals surface area contributed by atoms with Crippen LogP contribution < -0.4 is 4.18 Å². The van der Waals surface area contributed by atoms with Gasteiger partial charge in [-0.15, -0.1) is 0 Å². The molecule has 1 aromatic carbocycles. The molecule has 0 saturated heterocycles. The standard InChI is InChI=1S/C21H23F2N3O4S/c1-14(2)20-21(31(28,29)30-18-12-16(22)11-17(23)13-18)26(19(25-20)6-10-27)9-5-15-3-7-24-8-4-15/h3-4,7-8,11-14,27H,5-6,9-10H2,1-2H3. The van der Waals surface area contributed by atoms with E-state index in [2.05, 4.69) is 9.97 Å². The molecule has 0 radical (unpaired) electrons. The van der Waals surface area contributed by atoms with Crippen LogP contribution in [0.3, 0.4) is 0 Å². The summed E-state index contributed by atoms with van der Waals surface area (Å²) in [6, 6.07) is 5.83. The Labute approximate surface area is 179 Å². The molecule has 7 nitrogen and oxygen atoms in total. The monoisotopic (exact) mass is 451 g/mol. The van der Waals surface area contributed by atoms with Crippen LogP contribution in [0.1, 0.15) is 36.8 Å². The Hall–Kier alpha value is -2.85. The molecule has 166 valence electrons. The Morgan fingerprint density at radius 2 is 1.74 bits per heavy atom. The van der Waals surface area contributed by atoms with Gasteiger partial charge in [0.15, 0.2) is 5.03 Å². The quantitative estimate of drug-likeness (QED) is 0.502. The molecule has 0 unspecified atom stereocenters. The van der Waals surface area contributed by atoms with Gasteiger partial charge in [-0.2, -0.15) is 8.42 Å². The number of aryl methyl sites for hydroxylation is 1. The third kappa shape index (κ3) is 5.45. The Bertz CT molecular complexity index is 1130. The maximum absolute atomic E-state index is 13.5. The van der Waals surface area contributed by atoms with Gasteiger partial charge in [-0.05, 0) is 30.0 Å². The molecule has 0 amide bonds. The predicted molar refractivity (Wildman–Crippen MR) is 109 cm³/mol. The minimum Gasteiger partial charge on any atom is -0.396 e. The van der Waals surface area contributed by atoms with Crippen molar-refractivity contribution in [1.82, 2.24) is 14.5 Å². The number of hydrogen-bond acceptors (Lipinski definition) is 6. The van der Waals surface area contributed by atoms with E-state index >= 15 is 0 Å². The van der Waals surface area contributed by atoms with Crippen molar-refractivity contribution in [3.8, 4) is 5.75 Å². The minimum atomic E-state index is -4.48. The molecule has 0 aliphatic rings. The fourth-order valence-corrected chi connectivity index (χ4v) is 4.63. The first-order chi connectivity index (χ1) is 14.7. The number of benzene rings is 1. The molecule has 3 rings (SSSR count). The smallest absolute Gasteiger partial charge is 0.357 e. The number of rotatable bonds is 9. The second-order valence-electron chi connectivity index (χ2n) is 7.25. The van der Waals surface area contributed by atoms with Crippen LogP contribution in [0.5, 0.6) is 5.75 Å². The summed E-state index contributed by atoms with van der Waals surface area (Å²) < 4.78 is 60.0. The van der Waals surface area contributed by atoms with Crippen LogP contribution in [0.25, 0.3) is 0 Å². The summed E-state index contributed by atoms with van der Waals surface area (Å²) in [5, 5.41) is 9.25. The predicted octanol–water partition coefficient (Wildman–Crippen LogP) is 3.22. The number of aromatic nitrogens is 3. The van der Waals surface area contributed by atoms with Crippen LogP contribution in [0.15, 0.2) is 47.8 Å². The lowest BCUT2D eigenvalue weighted by Gasteiger charge is -2.14. The van der Waals surface area contributed by atoms with E-state index in [1.54, 1.807) is 26.2 Å². The maximum Gasteiger partial charge on any atom is 0.357 e. The second-order valence-corrected chi connectivity index (χ2v) is 8.71. The van der Waals surface area contributed by atoms with Gasteiger partial charge in [0.05, 0.1) is 12.3 Å². The van der Waals surface area contributed by atoms with Gasteiger partial charge in [-0.1, -0.05) is 13.8 Å². The molecule has 0 fully saturated rings. The molecule has 2 heterocycles. The summed E-state index contributed by atoms with van der Waals surface area (Å²) in [7, 11) is -4.48. The lowest BCUT2D eigenvalue weighted by molar-refractivity contribution is 0.293. The van der Waals surface area contributed by atoms with Crippen molar-refractivity contribution >= 4 is 10.1 Å². The summed E-state index contributed by atoms with van der Waals surface area (Å²) in [4.78, 5) is 8.40. The number of imidazole rings is 1. The molecule has 0 bridgehead atoms. The number of pyridine rings is 1. The Morgan fingerprint density at radius 1 is 1.10 bits per heavy atom. The SMILES string of the molecule is CC(C)c1nc(CCO)n(CCc2ccncc2)c1S(=O)(=O)Oc1cc(F)cc(F)c1.